The number of hydrogen-bond acceptors (Lipinski definition) is 9. The number of urea groups is 1. The Bertz CT molecular complexity index is 1680. The fraction of sp³-hybridized carbons (Fsp3) is 0.560. The molecule has 2 saturated carbocycles. The maximum atomic E-state index is 13.6. The Morgan fingerprint density at radius 2 is 1.88 bits per heavy atom. The summed E-state index contributed by atoms with van der Waals surface area (Å²) in [6, 6.07) is 3.65. The van der Waals surface area contributed by atoms with Gasteiger partial charge in [-0.2, -0.15) is 5.26 Å². The molecular weight excluding hydrogens is 576 g/mol. The topological polar surface area (TPSA) is 140 Å². The van der Waals surface area contributed by atoms with Crippen LogP contribution in [-0.2, 0) is 15.4 Å². The number of carbonyl (C=O) groups excluding carboxylic acids is 1. The first-order valence-corrected chi connectivity index (χ1v) is 15.8. The van der Waals surface area contributed by atoms with Gasteiger partial charge >= 0.3 is 6.03 Å². The van der Waals surface area contributed by atoms with E-state index in [-0.39, 0.29) is 24.0 Å². The average molecular weight is 604 g/mol. The molecule has 41 heavy (non-hydrogen) atoms. The van der Waals surface area contributed by atoms with Crippen LogP contribution in [-0.4, -0.2) is 101 Å². The number of anilines is 1. The van der Waals surface area contributed by atoms with Crippen LogP contribution in [0.5, 0.6) is 0 Å². The molecule has 12 nitrogen and oxygen atoms in total. The number of rotatable bonds is 7. The Balaban J connectivity index is 1.24. The third-order valence-electron chi connectivity index (χ3n) is 8.35. The van der Waals surface area contributed by atoms with Crippen LogP contribution in [0.3, 0.4) is 0 Å². The number of fused-ring (bicyclic) bond motifs is 1. The predicted octanol–water partition coefficient (Wildman–Crippen LogP) is 2.08. The number of aromatic nitrogens is 4. The van der Waals surface area contributed by atoms with E-state index in [1.54, 1.807) is 15.5 Å². The molecule has 0 spiro atoms. The van der Waals surface area contributed by atoms with Crippen LogP contribution in [0.1, 0.15) is 30.7 Å². The number of nitrogens with zero attached hydrogens (tertiary/aromatic N) is 8. The average Bonchev–Trinajstić information content (AvgIpc) is 3.82. The number of likely N-dealkylation sites (tertiary alicyclic amines) is 1. The SMILES string of the molecule is N#CC1(c2nnc(-c3cnc4c(N5CCN(C(=O)N6CC(F)C6)CC5)cc(S(=O)(=O)NC5(CF)CC5)cn34)s2)CC1. The summed E-state index contributed by atoms with van der Waals surface area (Å²) in [4.78, 5) is 22.4. The van der Waals surface area contributed by atoms with Crippen LogP contribution < -0.4 is 9.62 Å². The van der Waals surface area contributed by atoms with Crippen LogP contribution >= 0.6 is 11.3 Å². The van der Waals surface area contributed by atoms with E-state index in [9.17, 15) is 27.3 Å². The minimum Gasteiger partial charge on any atom is -0.365 e. The number of nitrogens with one attached hydrogen (secondary N) is 1. The molecule has 2 aliphatic carbocycles. The van der Waals surface area contributed by atoms with Gasteiger partial charge in [0.05, 0.1) is 36.6 Å². The fourth-order valence-corrected chi connectivity index (χ4v) is 7.78. The highest BCUT2D eigenvalue weighted by Crippen LogP contribution is 2.49. The molecule has 3 aromatic rings. The van der Waals surface area contributed by atoms with Crippen molar-refractivity contribution in [3.8, 4) is 16.8 Å². The monoisotopic (exact) mass is 603 g/mol. The second kappa shape index (κ2) is 9.30. The van der Waals surface area contributed by atoms with Gasteiger partial charge in [0, 0.05) is 32.4 Å². The van der Waals surface area contributed by atoms with Gasteiger partial charge in [-0.25, -0.2) is 31.7 Å². The third-order valence-corrected chi connectivity index (χ3v) is 11.0. The number of hydrogen-bond donors (Lipinski definition) is 1. The lowest BCUT2D eigenvalue weighted by atomic mass is 10.1. The molecule has 1 N–H and O–H groups in total. The van der Waals surface area contributed by atoms with E-state index in [1.165, 1.54) is 28.5 Å². The van der Waals surface area contributed by atoms with Crippen molar-refractivity contribution in [3.63, 3.8) is 0 Å². The second-order valence-electron chi connectivity index (χ2n) is 11.3. The van der Waals surface area contributed by atoms with E-state index in [1.807, 2.05) is 4.90 Å². The maximum Gasteiger partial charge on any atom is 0.320 e. The first-order chi connectivity index (χ1) is 19.7. The zero-order valence-corrected chi connectivity index (χ0v) is 23.6. The molecule has 0 radical (unpaired) electrons. The summed E-state index contributed by atoms with van der Waals surface area (Å²) in [5.74, 6) is 0. The van der Waals surface area contributed by atoms with Gasteiger partial charge in [-0.05, 0) is 31.7 Å². The predicted molar refractivity (Wildman–Crippen MR) is 145 cm³/mol. The van der Waals surface area contributed by atoms with Crippen LogP contribution in [0.2, 0.25) is 0 Å². The molecule has 7 rings (SSSR count). The van der Waals surface area contributed by atoms with Gasteiger partial charge in [0.2, 0.25) is 10.0 Å². The summed E-state index contributed by atoms with van der Waals surface area (Å²) in [6.07, 6.45) is 4.37. The van der Waals surface area contributed by atoms with Crippen molar-refractivity contribution in [2.45, 2.75) is 47.7 Å². The number of nitriles is 1. The van der Waals surface area contributed by atoms with Gasteiger partial charge in [0.15, 0.2) is 10.7 Å². The van der Waals surface area contributed by atoms with Gasteiger partial charge in [0.1, 0.15) is 33.9 Å². The zero-order valence-electron chi connectivity index (χ0n) is 22.0. The van der Waals surface area contributed by atoms with Crippen molar-refractivity contribution >= 4 is 38.7 Å². The molecule has 2 aliphatic heterocycles. The van der Waals surface area contributed by atoms with Crippen LogP contribution in [0.15, 0.2) is 23.4 Å². The fourth-order valence-electron chi connectivity index (χ4n) is 5.28. The Hall–Kier alpha value is -3.42. The number of pyridine rings is 1. The van der Waals surface area contributed by atoms with E-state index < -0.39 is 33.8 Å². The number of alkyl halides is 2. The molecule has 4 fully saturated rings. The molecular formula is C25H27F2N9O3S2. The summed E-state index contributed by atoms with van der Waals surface area (Å²) < 4.78 is 58.1. The number of imidazole rings is 1. The minimum atomic E-state index is -4.09. The van der Waals surface area contributed by atoms with Crippen molar-refractivity contribution in [2.75, 3.05) is 50.8 Å². The number of halogens is 2. The maximum absolute atomic E-state index is 13.6. The minimum absolute atomic E-state index is 0.0486. The van der Waals surface area contributed by atoms with Crippen LogP contribution in [0.4, 0.5) is 19.3 Å². The number of carbonyl (C=O) groups is 1. The lowest BCUT2D eigenvalue weighted by molar-refractivity contribution is 0.0668. The normalized spacial score (nSPS) is 21.5. The largest absolute Gasteiger partial charge is 0.365 e. The summed E-state index contributed by atoms with van der Waals surface area (Å²) in [5.41, 5.74) is -0.119. The first-order valence-electron chi connectivity index (χ1n) is 13.5. The van der Waals surface area contributed by atoms with Crippen molar-refractivity contribution in [1.82, 2.24) is 34.1 Å². The van der Waals surface area contributed by atoms with Crippen LogP contribution in [0.25, 0.3) is 16.3 Å². The Morgan fingerprint density at radius 3 is 2.49 bits per heavy atom. The van der Waals surface area contributed by atoms with Crippen molar-refractivity contribution in [1.29, 1.82) is 5.26 Å². The molecule has 0 unspecified atom stereocenters. The molecule has 0 bridgehead atoms. The Kier molecular flexibility index (Phi) is 6.00. The summed E-state index contributed by atoms with van der Waals surface area (Å²) in [6.45, 7) is 0.997. The molecule has 2 saturated heterocycles. The third kappa shape index (κ3) is 4.50. The van der Waals surface area contributed by atoms with E-state index in [0.717, 1.165) is 12.8 Å². The van der Waals surface area contributed by atoms with Gasteiger partial charge in [-0.1, -0.05) is 11.3 Å². The van der Waals surface area contributed by atoms with Gasteiger partial charge < -0.3 is 14.7 Å². The lowest BCUT2D eigenvalue weighted by Crippen LogP contribution is -2.59. The molecule has 0 aromatic carbocycles. The van der Waals surface area contributed by atoms with E-state index in [0.29, 0.717) is 66.1 Å². The highest BCUT2D eigenvalue weighted by molar-refractivity contribution is 7.89. The first kappa shape index (κ1) is 26.5. The molecule has 0 atom stereocenters. The molecule has 5 heterocycles. The summed E-state index contributed by atoms with van der Waals surface area (Å²) in [5, 5.41) is 19.2. The number of piperazine rings is 1. The van der Waals surface area contributed by atoms with E-state index in [4.69, 9.17) is 0 Å². The summed E-state index contributed by atoms with van der Waals surface area (Å²) in [7, 11) is -4.09. The quantitative estimate of drug-likeness (QED) is 0.433. The van der Waals surface area contributed by atoms with Crippen molar-refractivity contribution < 1.29 is 22.0 Å². The second-order valence-corrected chi connectivity index (χ2v) is 13.9. The van der Waals surface area contributed by atoms with Gasteiger partial charge in [-0.15, -0.1) is 10.2 Å². The Morgan fingerprint density at radius 1 is 1.15 bits per heavy atom. The van der Waals surface area contributed by atoms with Gasteiger partial charge in [0.25, 0.3) is 0 Å². The molecule has 4 aliphatic rings. The van der Waals surface area contributed by atoms with Gasteiger partial charge in [-0.3, -0.25) is 4.40 Å². The Labute approximate surface area is 238 Å². The highest BCUT2D eigenvalue weighted by atomic mass is 32.2. The molecule has 16 heteroatoms. The van der Waals surface area contributed by atoms with Crippen molar-refractivity contribution in [3.05, 3.63) is 23.5 Å². The van der Waals surface area contributed by atoms with E-state index >= 15 is 0 Å². The van der Waals surface area contributed by atoms with E-state index in [2.05, 4.69) is 26.0 Å². The highest BCUT2D eigenvalue weighted by Gasteiger charge is 2.49. The molecule has 2 amide bonds. The smallest absolute Gasteiger partial charge is 0.320 e. The lowest BCUT2D eigenvalue weighted by Gasteiger charge is -2.42. The molecule has 216 valence electrons. The number of amides is 2. The van der Waals surface area contributed by atoms with Crippen LogP contribution in [0, 0.1) is 11.3 Å². The summed E-state index contributed by atoms with van der Waals surface area (Å²) >= 11 is 1.28. The standard InChI is InChI=1S/C25H27F2N9O3S2/c26-14-25(3-4-25)32-41(38,39)17-9-18(33-5-7-34(8-6-33)23(37)35-11-16(27)12-35)20-29-10-19(36(20)13-17)21-30-31-22(40-21)24(15-28)1-2-24/h9-10,13,16,32H,1-8,11-12,14H2. The number of sulfonamides is 1. The molecule has 3 aromatic heterocycles. The van der Waals surface area contributed by atoms with Crippen molar-refractivity contribution in [2.24, 2.45) is 0 Å². The zero-order chi connectivity index (χ0) is 28.6.